The lowest BCUT2D eigenvalue weighted by atomic mass is 9.79. The number of aromatic amines is 1. The first-order valence-electron chi connectivity index (χ1n) is 10.2. The van der Waals surface area contributed by atoms with Gasteiger partial charge in [0.2, 0.25) is 5.91 Å². The van der Waals surface area contributed by atoms with Gasteiger partial charge >= 0.3 is 0 Å². The van der Waals surface area contributed by atoms with Gasteiger partial charge in [-0.25, -0.2) is 0 Å². The monoisotopic (exact) mass is 364 g/mol. The average molecular weight is 364 g/mol. The minimum atomic E-state index is 0.180. The molecule has 1 amide bonds. The molecule has 2 N–H and O–H groups in total. The van der Waals surface area contributed by atoms with E-state index in [0.29, 0.717) is 11.8 Å². The molecule has 1 atom stereocenters. The van der Waals surface area contributed by atoms with Crippen LogP contribution in [0.25, 0.3) is 11.1 Å². The molecule has 0 aliphatic heterocycles. The van der Waals surface area contributed by atoms with Gasteiger partial charge in [0.05, 0.1) is 6.20 Å². The van der Waals surface area contributed by atoms with Crippen molar-refractivity contribution >= 4 is 5.91 Å². The number of allylic oxidation sites excluding steroid dienone is 2. The van der Waals surface area contributed by atoms with Crippen molar-refractivity contribution in [3.05, 3.63) is 48.6 Å². The van der Waals surface area contributed by atoms with Crippen molar-refractivity contribution in [2.45, 2.75) is 50.9 Å². The molecule has 1 fully saturated rings. The number of H-pyrrole nitrogens is 1. The first-order chi connectivity index (χ1) is 13.3. The van der Waals surface area contributed by atoms with E-state index in [0.717, 1.165) is 51.5 Å². The fourth-order valence-electron chi connectivity index (χ4n) is 4.45. The summed E-state index contributed by atoms with van der Waals surface area (Å²) in [4.78, 5) is 16.4. The Bertz CT molecular complexity index is 775. The Balaban J connectivity index is 1.29. The fourth-order valence-corrected chi connectivity index (χ4v) is 4.45. The quantitative estimate of drug-likeness (QED) is 0.781. The van der Waals surface area contributed by atoms with E-state index in [1.165, 1.54) is 16.8 Å². The predicted molar refractivity (Wildman–Crippen MR) is 106 cm³/mol. The summed E-state index contributed by atoms with van der Waals surface area (Å²) in [6.07, 6.45) is 17.4. The Morgan fingerprint density at radius 3 is 2.67 bits per heavy atom. The van der Waals surface area contributed by atoms with Crippen molar-refractivity contribution in [3.8, 4) is 11.1 Å². The van der Waals surface area contributed by atoms with E-state index in [1.54, 1.807) is 0 Å². The smallest absolute Gasteiger partial charge is 0.223 e. The molecule has 2 aromatic rings. The number of amides is 1. The lowest BCUT2D eigenvalue weighted by molar-refractivity contribution is -0.125. The summed E-state index contributed by atoms with van der Waals surface area (Å²) in [5.74, 6) is 1.54. The van der Waals surface area contributed by atoms with Crippen molar-refractivity contribution in [2.24, 2.45) is 11.8 Å². The van der Waals surface area contributed by atoms with Gasteiger partial charge in [-0.1, -0.05) is 12.2 Å². The minimum Gasteiger partial charge on any atom is -0.356 e. The SMILES string of the molecule is O=C(NCC1CCC(c2[nH]ncc2-c2ccncc2)CC1)C1CC=CCC1. The number of nitrogens with zero attached hydrogens (tertiary/aromatic N) is 2. The highest BCUT2D eigenvalue weighted by molar-refractivity contribution is 5.79. The summed E-state index contributed by atoms with van der Waals surface area (Å²) < 4.78 is 0. The highest BCUT2D eigenvalue weighted by atomic mass is 16.1. The standard InChI is InChI=1S/C22H28N4O/c27-22(19-4-2-1-3-5-19)24-14-16-6-8-18(9-7-16)21-20(15-25-26-21)17-10-12-23-13-11-17/h1-2,10-13,15-16,18-19H,3-9,14H2,(H,24,27)(H,25,26). The van der Waals surface area contributed by atoms with E-state index in [4.69, 9.17) is 0 Å². The van der Waals surface area contributed by atoms with E-state index in [2.05, 4.69) is 32.7 Å². The van der Waals surface area contributed by atoms with Gasteiger partial charge in [-0.3, -0.25) is 14.9 Å². The second-order valence-electron chi connectivity index (χ2n) is 7.88. The van der Waals surface area contributed by atoms with Gasteiger partial charge in [0.25, 0.3) is 0 Å². The van der Waals surface area contributed by atoms with Crippen molar-refractivity contribution in [1.82, 2.24) is 20.5 Å². The number of carbonyl (C=O) groups is 1. The third-order valence-electron chi connectivity index (χ3n) is 6.12. The molecule has 142 valence electrons. The van der Waals surface area contributed by atoms with Crippen LogP contribution in [-0.4, -0.2) is 27.6 Å². The van der Waals surface area contributed by atoms with Crippen LogP contribution in [0.2, 0.25) is 0 Å². The normalized spacial score (nSPS) is 25.3. The van der Waals surface area contributed by atoms with Crippen LogP contribution in [0.4, 0.5) is 0 Å². The van der Waals surface area contributed by atoms with E-state index >= 15 is 0 Å². The molecule has 2 aromatic heterocycles. The topological polar surface area (TPSA) is 70.7 Å². The first-order valence-corrected chi connectivity index (χ1v) is 10.2. The van der Waals surface area contributed by atoms with Crippen LogP contribution in [0.15, 0.2) is 42.9 Å². The molecule has 0 saturated heterocycles. The molecule has 1 unspecified atom stereocenters. The Morgan fingerprint density at radius 2 is 1.93 bits per heavy atom. The maximum Gasteiger partial charge on any atom is 0.223 e. The first kappa shape index (κ1) is 18.0. The third-order valence-corrected chi connectivity index (χ3v) is 6.12. The molecule has 0 bridgehead atoms. The Hall–Kier alpha value is -2.43. The van der Waals surface area contributed by atoms with Gasteiger partial charge < -0.3 is 5.32 Å². The maximum atomic E-state index is 12.3. The molecule has 2 aliphatic rings. The summed E-state index contributed by atoms with van der Waals surface area (Å²) in [6.45, 7) is 0.825. The van der Waals surface area contributed by atoms with Crippen LogP contribution in [0.1, 0.15) is 56.6 Å². The Morgan fingerprint density at radius 1 is 1.11 bits per heavy atom. The molecule has 27 heavy (non-hydrogen) atoms. The second-order valence-corrected chi connectivity index (χ2v) is 7.88. The van der Waals surface area contributed by atoms with E-state index in [1.807, 2.05) is 30.7 Å². The summed E-state index contributed by atoms with van der Waals surface area (Å²) in [7, 11) is 0. The summed E-state index contributed by atoms with van der Waals surface area (Å²) in [5.41, 5.74) is 3.61. The molecular formula is C22H28N4O. The molecule has 0 spiro atoms. The number of hydrogen-bond donors (Lipinski definition) is 2. The Labute approximate surface area is 160 Å². The van der Waals surface area contributed by atoms with Crippen LogP contribution in [0.5, 0.6) is 0 Å². The Kier molecular flexibility index (Phi) is 5.66. The van der Waals surface area contributed by atoms with Crippen LogP contribution >= 0.6 is 0 Å². The molecule has 4 rings (SSSR count). The van der Waals surface area contributed by atoms with E-state index < -0.39 is 0 Å². The van der Waals surface area contributed by atoms with Crippen LogP contribution in [0.3, 0.4) is 0 Å². The lowest BCUT2D eigenvalue weighted by Crippen LogP contribution is -2.35. The fraction of sp³-hybridized carbons (Fsp3) is 0.500. The lowest BCUT2D eigenvalue weighted by Gasteiger charge is -2.29. The third kappa shape index (κ3) is 4.29. The number of rotatable bonds is 5. The molecule has 1 saturated carbocycles. The molecule has 0 radical (unpaired) electrons. The van der Waals surface area contributed by atoms with Crippen LogP contribution in [-0.2, 0) is 4.79 Å². The van der Waals surface area contributed by atoms with Gasteiger partial charge in [0.15, 0.2) is 0 Å². The number of hydrogen-bond acceptors (Lipinski definition) is 3. The van der Waals surface area contributed by atoms with Gasteiger partial charge in [-0.15, -0.1) is 0 Å². The summed E-state index contributed by atoms with van der Waals surface area (Å²) >= 11 is 0. The zero-order chi connectivity index (χ0) is 18.5. The maximum absolute atomic E-state index is 12.3. The second kappa shape index (κ2) is 8.51. The van der Waals surface area contributed by atoms with Crippen LogP contribution in [0, 0.1) is 11.8 Å². The molecule has 2 aliphatic carbocycles. The average Bonchev–Trinajstić information content (AvgIpc) is 3.23. The minimum absolute atomic E-state index is 0.180. The number of carbonyl (C=O) groups excluding carboxylic acids is 1. The highest BCUT2D eigenvalue weighted by Crippen LogP contribution is 2.38. The summed E-state index contributed by atoms with van der Waals surface area (Å²) in [6, 6.07) is 4.08. The number of nitrogens with one attached hydrogen (secondary N) is 2. The molecule has 5 nitrogen and oxygen atoms in total. The van der Waals surface area contributed by atoms with Crippen molar-refractivity contribution < 1.29 is 4.79 Å². The molecule has 2 heterocycles. The van der Waals surface area contributed by atoms with E-state index in [-0.39, 0.29) is 11.8 Å². The molecule has 0 aromatic carbocycles. The van der Waals surface area contributed by atoms with Gasteiger partial charge in [0.1, 0.15) is 0 Å². The van der Waals surface area contributed by atoms with Gasteiger partial charge in [-0.2, -0.15) is 5.10 Å². The molecule has 5 heteroatoms. The van der Waals surface area contributed by atoms with Crippen molar-refractivity contribution in [2.75, 3.05) is 6.54 Å². The summed E-state index contributed by atoms with van der Waals surface area (Å²) in [5, 5.41) is 10.7. The zero-order valence-electron chi connectivity index (χ0n) is 15.7. The number of aromatic nitrogens is 3. The zero-order valence-corrected chi connectivity index (χ0v) is 15.7. The van der Waals surface area contributed by atoms with Crippen LogP contribution < -0.4 is 5.32 Å². The van der Waals surface area contributed by atoms with Gasteiger partial charge in [-0.05, 0) is 68.6 Å². The van der Waals surface area contributed by atoms with Crippen molar-refractivity contribution in [1.29, 1.82) is 0 Å². The predicted octanol–water partition coefficient (Wildman–Crippen LogP) is 4.22. The van der Waals surface area contributed by atoms with E-state index in [9.17, 15) is 4.79 Å². The highest BCUT2D eigenvalue weighted by Gasteiger charge is 2.26. The van der Waals surface area contributed by atoms with Crippen molar-refractivity contribution in [3.63, 3.8) is 0 Å². The largest absolute Gasteiger partial charge is 0.356 e. The molecular weight excluding hydrogens is 336 g/mol. The number of pyridine rings is 1. The van der Waals surface area contributed by atoms with Gasteiger partial charge in [0, 0.05) is 42.0 Å².